The number of aliphatic hydroxyl groups is 3. The van der Waals surface area contributed by atoms with E-state index in [0.29, 0.717) is 32.1 Å². The van der Waals surface area contributed by atoms with Crippen LogP contribution in [0.25, 0.3) is 0 Å². The van der Waals surface area contributed by atoms with Crippen LogP contribution < -0.4 is 4.74 Å². The Morgan fingerprint density at radius 1 is 1.17 bits per heavy atom. The third-order valence-electron chi connectivity index (χ3n) is 6.15. The Morgan fingerprint density at radius 2 is 1.89 bits per heavy atom. The van der Waals surface area contributed by atoms with Gasteiger partial charge in [-0.2, -0.15) is 13.2 Å². The zero-order valence-corrected chi connectivity index (χ0v) is 20.3. The summed E-state index contributed by atoms with van der Waals surface area (Å²) < 4.78 is 48.9. The monoisotopic (exact) mass is 502 g/mol. The minimum Gasteiger partial charge on any atom is -0.491 e. The lowest BCUT2D eigenvalue weighted by Crippen LogP contribution is -2.25. The number of halogens is 3. The third-order valence-corrected chi connectivity index (χ3v) is 6.15. The van der Waals surface area contributed by atoms with Crippen molar-refractivity contribution in [2.75, 3.05) is 6.61 Å². The molecule has 1 aliphatic carbocycles. The van der Waals surface area contributed by atoms with Gasteiger partial charge in [-0.3, -0.25) is 4.79 Å². The van der Waals surface area contributed by atoms with Gasteiger partial charge in [0, 0.05) is 6.42 Å². The van der Waals surface area contributed by atoms with Crippen LogP contribution in [0.3, 0.4) is 0 Å². The molecule has 6 nitrogen and oxygen atoms in total. The maximum absolute atomic E-state index is 12.8. The molecule has 9 heteroatoms. The van der Waals surface area contributed by atoms with E-state index in [4.69, 9.17) is 9.47 Å². The molecule has 0 aliphatic heterocycles. The molecule has 0 saturated heterocycles. The molecule has 5 atom stereocenters. The fourth-order valence-electron chi connectivity index (χ4n) is 4.39. The first kappa shape index (κ1) is 29.1. The van der Waals surface area contributed by atoms with Crippen LogP contribution in [0.1, 0.15) is 64.4 Å². The van der Waals surface area contributed by atoms with Gasteiger partial charge in [0.1, 0.15) is 12.4 Å². The number of alkyl halides is 3. The van der Waals surface area contributed by atoms with E-state index >= 15 is 0 Å². The second-order valence-corrected chi connectivity index (χ2v) is 9.40. The van der Waals surface area contributed by atoms with E-state index in [-0.39, 0.29) is 49.1 Å². The van der Waals surface area contributed by atoms with Crippen molar-refractivity contribution in [3.8, 4) is 5.75 Å². The number of carbonyl (C=O) groups is 1. The predicted molar refractivity (Wildman–Crippen MR) is 125 cm³/mol. The van der Waals surface area contributed by atoms with E-state index in [2.05, 4.69) is 0 Å². The molecule has 35 heavy (non-hydrogen) atoms. The van der Waals surface area contributed by atoms with E-state index in [1.807, 2.05) is 12.2 Å². The maximum atomic E-state index is 12.8. The Kier molecular flexibility index (Phi) is 11.5. The number of hydrogen-bond donors (Lipinski definition) is 3. The van der Waals surface area contributed by atoms with Crippen molar-refractivity contribution < 1.29 is 42.8 Å². The Balaban J connectivity index is 1.76. The summed E-state index contributed by atoms with van der Waals surface area (Å²) in [6.07, 6.45) is 0.310. The molecule has 0 spiro atoms. The lowest BCUT2D eigenvalue weighted by Gasteiger charge is -2.23. The van der Waals surface area contributed by atoms with Gasteiger partial charge in [-0.1, -0.05) is 18.2 Å². The molecule has 1 aromatic carbocycles. The number of carbonyl (C=O) groups excluding carboxylic acids is 1. The smallest absolute Gasteiger partial charge is 0.416 e. The highest BCUT2D eigenvalue weighted by molar-refractivity contribution is 5.69. The number of aliphatic hydroxyl groups excluding tert-OH is 3. The van der Waals surface area contributed by atoms with Crippen LogP contribution in [-0.4, -0.2) is 52.3 Å². The lowest BCUT2D eigenvalue weighted by molar-refractivity contribution is -0.147. The van der Waals surface area contributed by atoms with Crippen LogP contribution in [-0.2, 0) is 15.7 Å². The van der Waals surface area contributed by atoms with Crippen LogP contribution in [0.2, 0.25) is 0 Å². The van der Waals surface area contributed by atoms with Crippen molar-refractivity contribution in [1.29, 1.82) is 0 Å². The summed E-state index contributed by atoms with van der Waals surface area (Å²) in [6.45, 7) is 3.44. The summed E-state index contributed by atoms with van der Waals surface area (Å²) in [5.74, 6) is -0.573. The van der Waals surface area contributed by atoms with Crippen LogP contribution >= 0.6 is 0 Å². The second-order valence-electron chi connectivity index (χ2n) is 9.40. The number of esters is 1. The largest absolute Gasteiger partial charge is 0.491 e. The number of benzene rings is 1. The second kappa shape index (κ2) is 13.8. The van der Waals surface area contributed by atoms with Gasteiger partial charge in [-0.25, -0.2) is 0 Å². The highest BCUT2D eigenvalue weighted by Gasteiger charge is 2.40. The highest BCUT2D eigenvalue weighted by Crippen LogP contribution is 2.38. The van der Waals surface area contributed by atoms with Crippen molar-refractivity contribution >= 4 is 5.97 Å². The van der Waals surface area contributed by atoms with E-state index in [0.717, 1.165) is 12.1 Å². The van der Waals surface area contributed by atoms with Crippen molar-refractivity contribution in [1.82, 2.24) is 0 Å². The summed E-state index contributed by atoms with van der Waals surface area (Å²) in [7, 11) is 0. The first-order valence-corrected chi connectivity index (χ1v) is 12.2. The predicted octanol–water partition coefficient (Wildman–Crippen LogP) is 4.65. The lowest BCUT2D eigenvalue weighted by atomic mass is 9.86. The number of allylic oxidation sites excluding steroid dienone is 2. The molecule has 1 aliphatic rings. The molecule has 0 bridgehead atoms. The SMILES string of the molecule is CC(C)OC(=O)CCC/C=C/CC1C(O)CC(O)C1CCC(O)COc1cccc(C(F)(F)F)c1. The molecule has 1 saturated carbocycles. The molecule has 2 rings (SSSR count). The Hall–Kier alpha value is -2.10. The van der Waals surface area contributed by atoms with E-state index in [9.17, 15) is 33.3 Å². The van der Waals surface area contributed by atoms with Gasteiger partial charge in [-0.05, 0) is 82.4 Å². The van der Waals surface area contributed by atoms with Crippen LogP contribution in [0.15, 0.2) is 36.4 Å². The van der Waals surface area contributed by atoms with Gasteiger partial charge in [0.05, 0.1) is 30.0 Å². The van der Waals surface area contributed by atoms with Crippen molar-refractivity contribution in [2.24, 2.45) is 11.8 Å². The molecule has 1 fully saturated rings. The van der Waals surface area contributed by atoms with Crippen molar-refractivity contribution in [3.63, 3.8) is 0 Å². The third kappa shape index (κ3) is 10.2. The zero-order valence-electron chi connectivity index (χ0n) is 20.3. The maximum Gasteiger partial charge on any atom is 0.416 e. The molecule has 0 aromatic heterocycles. The van der Waals surface area contributed by atoms with Gasteiger partial charge >= 0.3 is 12.1 Å². The molecular weight excluding hydrogens is 465 g/mol. The summed E-state index contributed by atoms with van der Waals surface area (Å²) in [6, 6.07) is 4.48. The van der Waals surface area contributed by atoms with E-state index < -0.39 is 30.1 Å². The fourth-order valence-corrected chi connectivity index (χ4v) is 4.39. The zero-order chi connectivity index (χ0) is 26.0. The van der Waals surface area contributed by atoms with Crippen LogP contribution in [0.4, 0.5) is 13.2 Å². The first-order chi connectivity index (χ1) is 16.5. The highest BCUT2D eigenvalue weighted by atomic mass is 19.4. The molecule has 0 amide bonds. The molecule has 3 N–H and O–H groups in total. The van der Waals surface area contributed by atoms with Crippen LogP contribution in [0, 0.1) is 11.8 Å². The average molecular weight is 503 g/mol. The van der Waals surface area contributed by atoms with Crippen molar-refractivity contribution in [3.05, 3.63) is 42.0 Å². The Bertz CT molecular complexity index is 811. The minimum absolute atomic E-state index is 0.0238. The quantitative estimate of drug-likeness (QED) is 0.206. The summed E-state index contributed by atoms with van der Waals surface area (Å²) >= 11 is 0. The summed E-state index contributed by atoms with van der Waals surface area (Å²) in [5.41, 5.74) is -0.820. The number of rotatable bonds is 13. The summed E-state index contributed by atoms with van der Waals surface area (Å²) in [5, 5.41) is 31.0. The normalized spacial score (nSPS) is 23.7. The van der Waals surface area contributed by atoms with Gasteiger partial charge in [-0.15, -0.1) is 0 Å². The number of ether oxygens (including phenoxy) is 2. The summed E-state index contributed by atoms with van der Waals surface area (Å²) in [4.78, 5) is 11.5. The topological polar surface area (TPSA) is 96.2 Å². The fraction of sp³-hybridized carbons (Fsp3) is 0.654. The van der Waals surface area contributed by atoms with Crippen molar-refractivity contribution in [2.45, 2.75) is 89.4 Å². The Morgan fingerprint density at radius 3 is 2.57 bits per heavy atom. The molecule has 0 heterocycles. The molecule has 198 valence electrons. The van der Waals surface area contributed by atoms with Gasteiger partial charge in [0.25, 0.3) is 0 Å². The minimum atomic E-state index is -4.47. The average Bonchev–Trinajstić information content (AvgIpc) is 3.04. The van der Waals surface area contributed by atoms with E-state index in [1.54, 1.807) is 13.8 Å². The standard InChI is InChI=1S/C26H37F3O6/c1-17(2)35-25(33)11-6-4-3-5-10-21-22(24(32)15-23(21)31)13-12-19(30)16-34-20-9-7-8-18(14-20)26(27,28)29/h3,5,7-9,14,17,19,21-24,30-32H,4,6,10-13,15-16H2,1-2H3/b5-3+. The van der Waals surface area contributed by atoms with Gasteiger partial charge < -0.3 is 24.8 Å². The van der Waals surface area contributed by atoms with Gasteiger partial charge in [0.15, 0.2) is 0 Å². The van der Waals surface area contributed by atoms with Gasteiger partial charge in [0.2, 0.25) is 0 Å². The molecule has 1 aromatic rings. The first-order valence-electron chi connectivity index (χ1n) is 12.2. The van der Waals surface area contributed by atoms with Crippen LogP contribution in [0.5, 0.6) is 5.75 Å². The Labute approximate surface area is 204 Å². The number of hydrogen-bond acceptors (Lipinski definition) is 6. The van der Waals surface area contributed by atoms with E-state index in [1.165, 1.54) is 12.1 Å². The molecule has 5 unspecified atom stereocenters. The number of unbranched alkanes of at least 4 members (excludes halogenated alkanes) is 1. The molecular formula is C26H37F3O6. The molecule has 0 radical (unpaired) electrons.